The highest BCUT2D eigenvalue weighted by Crippen LogP contribution is 2.08. The van der Waals surface area contributed by atoms with Crippen LogP contribution in [0.15, 0.2) is 48.5 Å². The molecule has 126 valence electrons. The Labute approximate surface area is 140 Å². The van der Waals surface area contributed by atoms with Gasteiger partial charge in [0, 0.05) is 19.3 Å². The van der Waals surface area contributed by atoms with Gasteiger partial charge in [0.2, 0.25) is 5.91 Å². The largest absolute Gasteiger partial charge is 0.334 e. The summed E-state index contributed by atoms with van der Waals surface area (Å²) in [5.74, 6) is -0.603. The predicted molar refractivity (Wildman–Crippen MR) is 91.1 cm³/mol. The molecule has 0 heterocycles. The molecule has 0 radical (unpaired) electrons. The van der Waals surface area contributed by atoms with Gasteiger partial charge in [0.25, 0.3) is 0 Å². The van der Waals surface area contributed by atoms with Gasteiger partial charge in [-0.05, 0) is 36.8 Å². The van der Waals surface area contributed by atoms with E-state index in [0.29, 0.717) is 5.69 Å². The summed E-state index contributed by atoms with van der Waals surface area (Å²) in [6.07, 6.45) is 0. The summed E-state index contributed by atoms with van der Waals surface area (Å²) in [6, 6.07) is 12.9. The quantitative estimate of drug-likeness (QED) is 0.886. The molecular weight excluding hydrogens is 309 g/mol. The standard InChI is InChI=1S/C18H20FN3O2/c1-13-3-9-16(10-4-13)21-17(23)12-22(2)18(24)20-11-14-5-7-15(19)8-6-14/h3-10H,11-12H2,1-2H3,(H,20,24)(H,21,23). The molecule has 2 N–H and O–H groups in total. The van der Waals surface area contributed by atoms with Gasteiger partial charge in [-0.15, -0.1) is 0 Å². The molecule has 0 saturated carbocycles. The second kappa shape index (κ2) is 8.10. The Morgan fingerprint density at radius 2 is 1.67 bits per heavy atom. The Hall–Kier alpha value is -2.89. The summed E-state index contributed by atoms with van der Waals surface area (Å²) in [7, 11) is 1.54. The molecule has 0 saturated heterocycles. The summed E-state index contributed by atoms with van der Waals surface area (Å²) in [5, 5.41) is 5.41. The first-order valence-corrected chi connectivity index (χ1v) is 7.54. The number of anilines is 1. The third-order valence-corrected chi connectivity index (χ3v) is 3.42. The second-order valence-corrected chi connectivity index (χ2v) is 5.56. The van der Waals surface area contributed by atoms with E-state index in [1.165, 1.54) is 24.1 Å². The van der Waals surface area contributed by atoms with Crippen LogP contribution in [0.2, 0.25) is 0 Å². The first-order valence-electron chi connectivity index (χ1n) is 7.54. The van der Waals surface area contributed by atoms with Gasteiger partial charge in [-0.1, -0.05) is 29.8 Å². The van der Waals surface area contributed by atoms with Crippen molar-refractivity contribution in [3.05, 3.63) is 65.5 Å². The van der Waals surface area contributed by atoms with Gasteiger partial charge in [-0.3, -0.25) is 4.79 Å². The van der Waals surface area contributed by atoms with Crippen molar-refractivity contribution in [2.75, 3.05) is 18.9 Å². The van der Waals surface area contributed by atoms with Crippen molar-refractivity contribution >= 4 is 17.6 Å². The zero-order chi connectivity index (χ0) is 17.5. The third-order valence-electron chi connectivity index (χ3n) is 3.42. The van der Waals surface area contributed by atoms with Gasteiger partial charge >= 0.3 is 6.03 Å². The Kier molecular flexibility index (Phi) is 5.89. The lowest BCUT2D eigenvalue weighted by Gasteiger charge is -2.17. The number of carbonyl (C=O) groups is 2. The van der Waals surface area contributed by atoms with Crippen LogP contribution in [0.25, 0.3) is 0 Å². The van der Waals surface area contributed by atoms with Crippen molar-refractivity contribution in [2.24, 2.45) is 0 Å². The monoisotopic (exact) mass is 329 g/mol. The highest BCUT2D eigenvalue weighted by Gasteiger charge is 2.12. The van der Waals surface area contributed by atoms with Crippen LogP contribution in [0.3, 0.4) is 0 Å². The topological polar surface area (TPSA) is 61.4 Å². The summed E-state index contributed by atoms with van der Waals surface area (Å²) in [4.78, 5) is 25.2. The number of benzene rings is 2. The van der Waals surface area contributed by atoms with Gasteiger partial charge in [0.1, 0.15) is 12.4 Å². The highest BCUT2D eigenvalue weighted by atomic mass is 19.1. The minimum atomic E-state index is -0.376. The Morgan fingerprint density at radius 1 is 1.04 bits per heavy atom. The molecule has 0 aliphatic heterocycles. The van der Waals surface area contributed by atoms with E-state index >= 15 is 0 Å². The van der Waals surface area contributed by atoms with E-state index < -0.39 is 0 Å². The van der Waals surface area contributed by atoms with Crippen molar-refractivity contribution in [2.45, 2.75) is 13.5 Å². The number of likely N-dealkylation sites (N-methyl/N-ethyl adjacent to an activating group) is 1. The molecule has 5 nitrogen and oxygen atoms in total. The lowest BCUT2D eigenvalue weighted by atomic mass is 10.2. The molecule has 24 heavy (non-hydrogen) atoms. The maximum absolute atomic E-state index is 12.8. The lowest BCUT2D eigenvalue weighted by Crippen LogP contribution is -2.41. The normalized spacial score (nSPS) is 10.1. The molecule has 0 bridgehead atoms. The first-order chi connectivity index (χ1) is 11.4. The number of urea groups is 1. The Balaban J connectivity index is 1.78. The fourth-order valence-corrected chi connectivity index (χ4v) is 2.04. The summed E-state index contributed by atoms with van der Waals surface area (Å²) in [5.41, 5.74) is 2.57. The van der Waals surface area contributed by atoms with Crippen LogP contribution in [0, 0.1) is 12.7 Å². The van der Waals surface area contributed by atoms with Crippen molar-refractivity contribution < 1.29 is 14.0 Å². The maximum Gasteiger partial charge on any atom is 0.317 e. The van der Waals surface area contributed by atoms with Crippen LogP contribution >= 0.6 is 0 Å². The smallest absolute Gasteiger partial charge is 0.317 e. The van der Waals surface area contributed by atoms with Gasteiger partial charge in [0.15, 0.2) is 0 Å². The molecule has 0 spiro atoms. The Morgan fingerprint density at radius 3 is 2.29 bits per heavy atom. The van der Waals surface area contributed by atoms with Crippen LogP contribution in [0.4, 0.5) is 14.9 Å². The van der Waals surface area contributed by atoms with Crippen LogP contribution in [-0.4, -0.2) is 30.4 Å². The zero-order valence-electron chi connectivity index (χ0n) is 13.7. The first kappa shape index (κ1) is 17.5. The summed E-state index contributed by atoms with van der Waals surface area (Å²) < 4.78 is 12.8. The number of rotatable bonds is 5. The zero-order valence-corrected chi connectivity index (χ0v) is 13.7. The van der Waals surface area contributed by atoms with Crippen LogP contribution in [0.1, 0.15) is 11.1 Å². The number of hydrogen-bond acceptors (Lipinski definition) is 2. The van der Waals surface area contributed by atoms with E-state index in [0.717, 1.165) is 11.1 Å². The highest BCUT2D eigenvalue weighted by molar-refractivity contribution is 5.94. The van der Waals surface area contributed by atoms with Gasteiger partial charge in [-0.2, -0.15) is 0 Å². The van der Waals surface area contributed by atoms with E-state index in [-0.39, 0.29) is 30.8 Å². The van der Waals surface area contributed by atoms with Gasteiger partial charge in [-0.25, -0.2) is 9.18 Å². The molecule has 0 unspecified atom stereocenters. The second-order valence-electron chi connectivity index (χ2n) is 5.56. The molecule has 0 aromatic heterocycles. The number of nitrogens with one attached hydrogen (secondary N) is 2. The SMILES string of the molecule is Cc1ccc(NC(=O)CN(C)C(=O)NCc2ccc(F)cc2)cc1. The number of nitrogens with zero attached hydrogens (tertiary/aromatic N) is 1. The molecule has 0 atom stereocenters. The van der Waals surface area contributed by atoms with Crippen molar-refractivity contribution in [3.8, 4) is 0 Å². The van der Waals surface area contributed by atoms with E-state index in [1.807, 2.05) is 31.2 Å². The number of hydrogen-bond donors (Lipinski definition) is 2. The van der Waals surface area contributed by atoms with Crippen LogP contribution in [-0.2, 0) is 11.3 Å². The van der Waals surface area contributed by atoms with E-state index in [1.54, 1.807) is 12.1 Å². The number of amides is 3. The molecule has 0 aliphatic carbocycles. The minimum Gasteiger partial charge on any atom is -0.334 e. The molecule has 2 aromatic carbocycles. The summed E-state index contributed by atoms with van der Waals surface area (Å²) >= 11 is 0. The fraction of sp³-hybridized carbons (Fsp3) is 0.222. The molecular formula is C18H20FN3O2. The average Bonchev–Trinajstić information content (AvgIpc) is 2.56. The van der Waals surface area contributed by atoms with Crippen molar-refractivity contribution in [3.63, 3.8) is 0 Å². The van der Waals surface area contributed by atoms with E-state index in [2.05, 4.69) is 10.6 Å². The van der Waals surface area contributed by atoms with Gasteiger partial charge in [0.05, 0.1) is 0 Å². The lowest BCUT2D eigenvalue weighted by molar-refractivity contribution is -0.116. The van der Waals surface area contributed by atoms with Crippen LogP contribution < -0.4 is 10.6 Å². The summed E-state index contributed by atoms with van der Waals surface area (Å²) in [6.45, 7) is 2.16. The average molecular weight is 329 g/mol. The molecule has 0 fully saturated rings. The number of carbonyl (C=O) groups excluding carboxylic acids is 2. The van der Waals surface area contributed by atoms with E-state index in [9.17, 15) is 14.0 Å². The molecule has 0 aliphatic rings. The minimum absolute atomic E-state index is 0.0663. The molecule has 6 heteroatoms. The molecule has 2 aromatic rings. The third kappa shape index (κ3) is 5.39. The maximum atomic E-state index is 12.8. The van der Waals surface area contributed by atoms with Crippen LogP contribution in [0.5, 0.6) is 0 Å². The predicted octanol–water partition coefficient (Wildman–Crippen LogP) is 2.91. The van der Waals surface area contributed by atoms with E-state index in [4.69, 9.17) is 0 Å². The molecule has 2 rings (SSSR count). The fourth-order valence-electron chi connectivity index (χ4n) is 2.04. The molecule has 3 amide bonds. The number of halogens is 1. The van der Waals surface area contributed by atoms with Crippen molar-refractivity contribution in [1.82, 2.24) is 10.2 Å². The Bertz CT molecular complexity index is 699. The van der Waals surface area contributed by atoms with Crippen molar-refractivity contribution in [1.29, 1.82) is 0 Å². The van der Waals surface area contributed by atoms with Gasteiger partial charge < -0.3 is 15.5 Å². The number of aryl methyl sites for hydroxylation is 1.